The molecule has 1 rings (SSSR count). The van der Waals surface area contributed by atoms with E-state index in [4.69, 9.17) is 4.74 Å². The van der Waals surface area contributed by atoms with Crippen LogP contribution in [0.15, 0.2) is 24.3 Å². The van der Waals surface area contributed by atoms with Gasteiger partial charge in [-0.25, -0.2) is 0 Å². The molecule has 0 heterocycles. The molecule has 0 aliphatic heterocycles. The molecule has 1 aromatic carbocycles. The Kier molecular flexibility index (Phi) is 5.67. The highest BCUT2D eigenvalue weighted by Gasteiger charge is 2.02. The van der Waals surface area contributed by atoms with Crippen molar-refractivity contribution in [3.05, 3.63) is 24.3 Å². The van der Waals surface area contributed by atoms with Crippen LogP contribution in [0, 0.1) is 11.8 Å². The average molecular weight is 231 g/mol. The van der Waals surface area contributed by atoms with Crippen molar-refractivity contribution in [2.24, 2.45) is 0 Å². The smallest absolute Gasteiger partial charge is 0.224 e. The second kappa shape index (κ2) is 7.34. The van der Waals surface area contributed by atoms with E-state index in [0.29, 0.717) is 6.42 Å². The maximum absolute atomic E-state index is 11.6. The van der Waals surface area contributed by atoms with Gasteiger partial charge in [-0.2, -0.15) is 0 Å². The number of ether oxygens (including phenoxy) is 1. The number of unbranched alkanes of at least 4 members (excludes halogenated alkanes) is 1. The van der Waals surface area contributed by atoms with Gasteiger partial charge >= 0.3 is 0 Å². The van der Waals surface area contributed by atoms with Crippen LogP contribution < -0.4 is 10.1 Å². The number of nitrogens with one attached hydrogen (secondary N) is 1. The van der Waals surface area contributed by atoms with Crippen LogP contribution >= 0.6 is 0 Å². The lowest BCUT2D eigenvalue weighted by atomic mass is 10.2. The Labute approximate surface area is 102 Å². The number of rotatable bonds is 5. The summed E-state index contributed by atoms with van der Waals surface area (Å²) in [7, 11) is 1.60. The molecule has 0 aromatic heterocycles. The van der Waals surface area contributed by atoms with Gasteiger partial charge in [0.15, 0.2) is 0 Å². The van der Waals surface area contributed by atoms with Crippen molar-refractivity contribution in [3.63, 3.8) is 0 Å². The molecule has 90 valence electrons. The van der Waals surface area contributed by atoms with Gasteiger partial charge in [0.25, 0.3) is 0 Å². The Morgan fingerprint density at radius 1 is 1.47 bits per heavy atom. The minimum absolute atomic E-state index is 0.0103. The summed E-state index contributed by atoms with van der Waals surface area (Å²) in [5, 5.41) is 2.83. The van der Waals surface area contributed by atoms with E-state index in [0.717, 1.165) is 24.3 Å². The zero-order valence-corrected chi connectivity index (χ0v) is 10.2. The van der Waals surface area contributed by atoms with E-state index in [2.05, 4.69) is 17.2 Å². The molecule has 3 nitrogen and oxygen atoms in total. The molecule has 0 aliphatic carbocycles. The summed E-state index contributed by atoms with van der Waals surface area (Å²) < 4.78 is 5.08. The predicted octanol–water partition coefficient (Wildman–Crippen LogP) is 2.83. The summed E-state index contributed by atoms with van der Waals surface area (Å²) in [6.07, 6.45) is 2.05. The Morgan fingerprint density at radius 3 is 3.00 bits per heavy atom. The number of carbonyl (C=O) groups excluding carboxylic acids is 1. The maximum Gasteiger partial charge on any atom is 0.224 e. The second-order valence-corrected chi connectivity index (χ2v) is 3.56. The number of anilines is 1. The van der Waals surface area contributed by atoms with Gasteiger partial charge < -0.3 is 10.1 Å². The zero-order chi connectivity index (χ0) is 12.5. The van der Waals surface area contributed by atoms with E-state index in [1.807, 2.05) is 18.2 Å². The molecule has 0 spiro atoms. The lowest BCUT2D eigenvalue weighted by Crippen LogP contribution is -2.10. The van der Waals surface area contributed by atoms with Crippen molar-refractivity contribution in [2.75, 3.05) is 12.4 Å². The summed E-state index contributed by atoms with van der Waals surface area (Å²) in [5.74, 6) is 6.49. The number of hydrogen-bond donors (Lipinski definition) is 1. The summed E-state index contributed by atoms with van der Waals surface area (Å²) in [6.45, 7) is 1.80. The summed E-state index contributed by atoms with van der Waals surface area (Å²) in [4.78, 5) is 11.6. The number of carbonyl (C=O) groups is 1. The van der Waals surface area contributed by atoms with E-state index in [1.54, 1.807) is 20.1 Å². The van der Waals surface area contributed by atoms with Crippen LogP contribution in [0.1, 0.15) is 26.2 Å². The zero-order valence-electron chi connectivity index (χ0n) is 10.2. The van der Waals surface area contributed by atoms with Crippen LogP contribution in [-0.2, 0) is 4.79 Å². The van der Waals surface area contributed by atoms with Crippen molar-refractivity contribution < 1.29 is 9.53 Å². The molecule has 17 heavy (non-hydrogen) atoms. The van der Waals surface area contributed by atoms with Gasteiger partial charge in [-0.15, -0.1) is 11.8 Å². The van der Waals surface area contributed by atoms with Gasteiger partial charge in [0, 0.05) is 24.6 Å². The van der Waals surface area contributed by atoms with Crippen molar-refractivity contribution in [2.45, 2.75) is 26.2 Å². The number of amides is 1. The molecular weight excluding hydrogens is 214 g/mol. The van der Waals surface area contributed by atoms with Gasteiger partial charge in [0.05, 0.1) is 7.11 Å². The minimum Gasteiger partial charge on any atom is -0.497 e. The van der Waals surface area contributed by atoms with Crippen molar-refractivity contribution in [1.29, 1.82) is 0 Å². The first-order valence-electron chi connectivity index (χ1n) is 5.59. The molecule has 0 unspecified atom stereocenters. The van der Waals surface area contributed by atoms with Gasteiger partial charge in [-0.3, -0.25) is 4.79 Å². The molecule has 0 atom stereocenters. The molecule has 0 aliphatic rings. The van der Waals surface area contributed by atoms with Gasteiger partial charge in [0.1, 0.15) is 5.75 Å². The number of methoxy groups -OCH3 is 1. The third-order valence-corrected chi connectivity index (χ3v) is 2.24. The van der Waals surface area contributed by atoms with E-state index in [9.17, 15) is 4.79 Å². The monoisotopic (exact) mass is 231 g/mol. The van der Waals surface area contributed by atoms with E-state index < -0.39 is 0 Å². The first-order valence-corrected chi connectivity index (χ1v) is 5.59. The van der Waals surface area contributed by atoms with Crippen LogP contribution in [0.25, 0.3) is 0 Å². The fourth-order valence-corrected chi connectivity index (χ4v) is 1.39. The quantitative estimate of drug-likeness (QED) is 0.625. The van der Waals surface area contributed by atoms with Crippen LogP contribution in [0.3, 0.4) is 0 Å². The normalized spacial score (nSPS) is 9.06. The summed E-state index contributed by atoms with van der Waals surface area (Å²) in [5.41, 5.74) is 0.760. The largest absolute Gasteiger partial charge is 0.497 e. The van der Waals surface area contributed by atoms with Crippen LogP contribution in [0.4, 0.5) is 5.69 Å². The molecule has 0 fully saturated rings. The lowest BCUT2D eigenvalue weighted by molar-refractivity contribution is -0.116. The predicted molar refractivity (Wildman–Crippen MR) is 68.9 cm³/mol. The fourth-order valence-electron chi connectivity index (χ4n) is 1.39. The van der Waals surface area contributed by atoms with Gasteiger partial charge in [0.2, 0.25) is 5.91 Å². The maximum atomic E-state index is 11.6. The molecule has 1 aromatic rings. The SMILES string of the molecule is CC#CCCCC(=O)Nc1cccc(OC)c1. The Morgan fingerprint density at radius 2 is 2.29 bits per heavy atom. The Balaban J connectivity index is 2.41. The Bertz CT molecular complexity index is 429. The summed E-state index contributed by atoms with van der Waals surface area (Å²) >= 11 is 0. The van der Waals surface area contributed by atoms with E-state index in [1.165, 1.54) is 0 Å². The molecule has 0 radical (unpaired) electrons. The third kappa shape index (κ3) is 5.07. The van der Waals surface area contributed by atoms with Crippen molar-refractivity contribution >= 4 is 11.6 Å². The summed E-state index contributed by atoms with van der Waals surface area (Å²) in [6, 6.07) is 7.32. The van der Waals surface area contributed by atoms with E-state index >= 15 is 0 Å². The molecular formula is C14H17NO2. The first kappa shape index (κ1) is 13.1. The third-order valence-electron chi connectivity index (χ3n) is 2.24. The molecule has 0 saturated heterocycles. The van der Waals surface area contributed by atoms with Crippen LogP contribution in [-0.4, -0.2) is 13.0 Å². The molecule has 1 amide bonds. The highest BCUT2D eigenvalue weighted by atomic mass is 16.5. The highest BCUT2D eigenvalue weighted by molar-refractivity contribution is 5.90. The minimum atomic E-state index is 0.0103. The Hall–Kier alpha value is -1.95. The van der Waals surface area contributed by atoms with E-state index in [-0.39, 0.29) is 5.91 Å². The lowest BCUT2D eigenvalue weighted by Gasteiger charge is -2.06. The number of hydrogen-bond acceptors (Lipinski definition) is 2. The molecule has 1 N–H and O–H groups in total. The average Bonchev–Trinajstić information content (AvgIpc) is 2.35. The molecule has 0 saturated carbocycles. The standard InChI is InChI=1S/C14H17NO2/c1-3-4-5-6-10-14(16)15-12-8-7-9-13(11-12)17-2/h7-9,11H,5-6,10H2,1-2H3,(H,15,16). The van der Waals surface area contributed by atoms with Crippen molar-refractivity contribution in [1.82, 2.24) is 0 Å². The molecule has 0 bridgehead atoms. The van der Waals surface area contributed by atoms with Crippen molar-refractivity contribution in [3.8, 4) is 17.6 Å². The first-order chi connectivity index (χ1) is 8.26. The second-order valence-electron chi connectivity index (χ2n) is 3.56. The number of benzene rings is 1. The highest BCUT2D eigenvalue weighted by Crippen LogP contribution is 2.16. The van der Waals surface area contributed by atoms with Gasteiger partial charge in [-0.1, -0.05) is 6.07 Å². The fraction of sp³-hybridized carbons (Fsp3) is 0.357. The van der Waals surface area contributed by atoms with Crippen LogP contribution in [0.2, 0.25) is 0 Å². The van der Waals surface area contributed by atoms with Crippen LogP contribution in [0.5, 0.6) is 5.75 Å². The van der Waals surface area contributed by atoms with Gasteiger partial charge in [-0.05, 0) is 25.5 Å². The molecule has 3 heteroatoms. The topological polar surface area (TPSA) is 38.3 Å².